The molecule has 6 nitrogen and oxygen atoms in total. The number of esters is 1. The number of ether oxygens (including phenoxy) is 1. The van der Waals surface area contributed by atoms with E-state index in [1.807, 2.05) is 24.3 Å². The molecule has 0 bridgehead atoms. The van der Waals surface area contributed by atoms with Gasteiger partial charge in [0, 0.05) is 12.1 Å². The largest absolute Gasteiger partial charge is 0.455 e. The standard InChI is InChI=1S/C17H11ClN2O4S/c18-12-7-5-11(9-14(12)20(22)23)6-8-17(21)24-10-16-19-13-3-1-2-4-15(13)25-16/h1-9H,10H2/b8-6+. The van der Waals surface area contributed by atoms with Crippen molar-refractivity contribution in [1.82, 2.24) is 4.98 Å². The molecule has 0 saturated carbocycles. The molecule has 2 aromatic carbocycles. The van der Waals surface area contributed by atoms with Gasteiger partial charge in [0.05, 0.1) is 15.1 Å². The van der Waals surface area contributed by atoms with Gasteiger partial charge in [0.2, 0.25) is 0 Å². The van der Waals surface area contributed by atoms with Gasteiger partial charge in [-0.1, -0.05) is 29.8 Å². The van der Waals surface area contributed by atoms with E-state index >= 15 is 0 Å². The van der Waals surface area contributed by atoms with E-state index in [1.165, 1.54) is 35.6 Å². The number of thiazole rings is 1. The Kier molecular flexibility index (Phi) is 5.06. The molecule has 0 unspecified atom stereocenters. The minimum atomic E-state index is -0.578. The van der Waals surface area contributed by atoms with E-state index in [1.54, 1.807) is 6.07 Å². The highest BCUT2D eigenvalue weighted by Gasteiger charge is 2.12. The van der Waals surface area contributed by atoms with Gasteiger partial charge in [0.15, 0.2) is 0 Å². The summed E-state index contributed by atoms with van der Waals surface area (Å²) in [5.74, 6) is -0.558. The maximum atomic E-state index is 11.8. The number of fused-ring (bicyclic) bond motifs is 1. The van der Waals surface area contributed by atoms with Gasteiger partial charge in [-0.05, 0) is 29.8 Å². The molecule has 0 aliphatic rings. The topological polar surface area (TPSA) is 82.3 Å². The minimum absolute atomic E-state index is 0.0422. The van der Waals surface area contributed by atoms with Crippen LogP contribution in [0.2, 0.25) is 5.02 Å². The Morgan fingerprint density at radius 3 is 2.88 bits per heavy atom. The molecule has 0 spiro atoms. The summed E-state index contributed by atoms with van der Waals surface area (Å²) >= 11 is 7.20. The Bertz CT molecular complexity index is 951. The van der Waals surface area contributed by atoms with Crippen LogP contribution in [0.25, 0.3) is 16.3 Å². The molecular formula is C17H11ClN2O4S. The number of rotatable bonds is 5. The molecule has 0 aliphatic carbocycles. The van der Waals surface area contributed by atoms with Gasteiger partial charge in [0.1, 0.15) is 16.6 Å². The predicted molar refractivity (Wildman–Crippen MR) is 96.6 cm³/mol. The van der Waals surface area contributed by atoms with Crippen molar-refractivity contribution in [3.05, 3.63) is 74.2 Å². The zero-order valence-corrected chi connectivity index (χ0v) is 14.3. The van der Waals surface area contributed by atoms with Crippen LogP contribution in [0.15, 0.2) is 48.5 Å². The summed E-state index contributed by atoms with van der Waals surface area (Å²) in [5.41, 5.74) is 1.13. The van der Waals surface area contributed by atoms with Crippen molar-refractivity contribution in [2.24, 2.45) is 0 Å². The first kappa shape index (κ1) is 17.1. The van der Waals surface area contributed by atoms with Crippen molar-refractivity contribution >= 4 is 50.9 Å². The van der Waals surface area contributed by atoms with Crippen LogP contribution in [0, 0.1) is 10.1 Å². The van der Waals surface area contributed by atoms with Crippen LogP contribution < -0.4 is 0 Å². The number of carbonyl (C=O) groups excluding carboxylic acids is 1. The van der Waals surface area contributed by atoms with Crippen molar-refractivity contribution in [2.75, 3.05) is 0 Å². The second kappa shape index (κ2) is 7.42. The maximum Gasteiger partial charge on any atom is 0.331 e. The van der Waals surface area contributed by atoms with E-state index in [9.17, 15) is 14.9 Å². The van der Waals surface area contributed by atoms with E-state index in [2.05, 4.69) is 4.98 Å². The van der Waals surface area contributed by atoms with Gasteiger partial charge >= 0.3 is 5.97 Å². The second-order valence-electron chi connectivity index (χ2n) is 4.98. The molecule has 3 rings (SSSR count). The van der Waals surface area contributed by atoms with E-state index in [0.717, 1.165) is 10.2 Å². The van der Waals surface area contributed by atoms with E-state index in [-0.39, 0.29) is 17.3 Å². The number of nitrogens with zero attached hydrogens (tertiary/aromatic N) is 2. The monoisotopic (exact) mass is 374 g/mol. The molecule has 0 N–H and O–H groups in total. The highest BCUT2D eigenvalue weighted by atomic mass is 35.5. The Morgan fingerprint density at radius 1 is 1.32 bits per heavy atom. The molecule has 0 radical (unpaired) electrons. The van der Waals surface area contributed by atoms with Crippen LogP contribution in [-0.4, -0.2) is 15.9 Å². The fraction of sp³-hybridized carbons (Fsp3) is 0.0588. The highest BCUT2D eigenvalue weighted by Crippen LogP contribution is 2.25. The van der Waals surface area contributed by atoms with Crippen molar-refractivity contribution in [1.29, 1.82) is 0 Å². The van der Waals surface area contributed by atoms with Crippen LogP contribution in [0.1, 0.15) is 10.6 Å². The average molecular weight is 375 g/mol. The Balaban J connectivity index is 1.63. The quantitative estimate of drug-likeness (QED) is 0.282. The number of para-hydroxylation sites is 1. The molecule has 0 saturated heterocycles. The van der Waals surface area contributed by atoms with Gasteiger partial charge < -0.3 is 4.74 Å². The lowest BCUT2D eigenvalue weighted by molar-refractivity contribution is -0.384. The maximum absolute atomic E-state index is 11.8. The molecule has 3 aromatic rings. The van der Waals surface area contributed by atoms with E-state index in [4.69, 9.17) is 16.3 Å². The third kappa shape index (κ3) is 4.20. The number of nitro benzene ring substituents is 1. The molecule has 1 heterocycles. The van der Waals surface area contributed by atoms with Gasteiger partial charge in [0.25, 0.3) is 5.69 Å². The molecule has 126 valence electrons. The van der Waals surface area contributed by atoms with Crippen molar-refractivity contribution in [3.63, 3.8) is 0 Å². The molecule has 25 heavy (non-hydrogen) atoms. The number of halogens is 1. The third-order valence-corrected chi connectivity index (χ3v) is 4.58. The van der Waals surface area contributed by atoms with Gasteiger partial charge in [-0.15, -0.1) is 11.3 Å². The van der Waals surface area contributed by atoms with E-state index in [0.29, 0.717) is 10.6 Å². The lowest BCUT2D eigenvalue weighted by Gasteiger charge is -1.99. The van der Waals surface area contributed by atoms with Crippen molar-refractivity contribution in [2.45, 2.75) is 6.61 Å². The average Bonchev–Trinajstić information content (AvgIpc) is 3.02. The first-order valence-electron chi connectivity index (χ1n) is 7.16. The molecule has 0 atom stereocenters. The van der Waals surface area contributed by atoms with Crippen LogP contribution >= 0.6 is 22.9 Å². The summed E-state index contributed by atoms with van der Waals surface area (Å²) in [6.07, 6.45) is 2.64. The van der Waals surface area contributed by atoms with Gasteiger partial charge in [-0.2, -0.15) is 0 Å². The smallest absolute Gasteiger partial charge is 0.331 e. The van der Waals surface area contributed by atoms with Crippen LogP contribution in [0.5, 0.6) is 0 Å². The number of nitro groups is 1. The Labute approximate surface area is 151 Å². The highest BCUT2D eigenvalue weighted by molar-refractivity contribution is 7.18. The number of carbonyl (C=O) groups is 1. The zero-order valence-electron chi connectivity index (χ0n) is 12.7. The van der Waals surface area contributed by atoms with Gasteiger partial charge in [-0.3, -0.25) is 10.1 Å². The summed E-state index contributed by atoms with van der Waals surface area (Å²) in [5, 5.41) is 11.6. The van der Waals surface area contributed by atoms with Crippen LogP contribution in [-0.2, 0) is 16.1 Å². The zero-order chi connectivity index (χ0) is 17.8. The minimum Gasteiger partial charge on any atom is -0.455 e. The first-order valence-corrected chi connectivity index (χ1v) is 8.35. The normalized spacial score (nSPS) is 11.1. The second-order valence-corrected chi connectivity index (χ2v) is 6.51. The summed E-state index contributed by atoms with van der Waals surface area (Å²) in [6, 6.07) is 11.9. The van der Waals surface area contributed by atoms with Gasteiger partial charge in [-0.25, -0.2) is 9.78 Å². The first-order chi connectivity index (χ1) is 12.0. The van der Waals surface area contributed by atoms with E-state index < -0.39 is 10.9 Å². The SMILES string of the molecule is O=C(/C=C/c1ccc(Cl)c([N+](=O)[O-])c1)OCc1nc2ccccc2s1. The number of hydrogen-bond acceptors (Lipinski definition) is 6. The molecule has 0 aliphatic heterocycles. The van der Waals surface area contributed by atoms with Crippen molar-refractivity contribution < 1.29 is 14.5 Å². The Hall–Kier alpha value is -2.77. The molecule has 0 amide bonds. The fourth-order valence-electron chi connectivity index (χ4n) is 2.10. The van der Waals surface area contributed by atoms with Crippen LogP contribution in [0.4, 0.5) is 5.69 Å². The summed E-state index contributed by atoms with van der Waals surface area (Å²) < 4.78 is 6.17. The molecule has 1 aromatic heterocycles. The number of benzene rings is 2. The number of aromatic nitrogens is 1. The summed E-state index contributed by atoms with van der Waals surface area (Å²) in [7, 11) is 0. The lowest BCUT2D eigenvalue weighted by atomic mass is 10.2. The molecule has 0 fully saturated rings. The molecule has 8 heteroatoms. The summed E-state index contributed by atoms with van der Waals surface area (Å²) in [4.78, 5) is 26.4. The van der Waals surface area contributed by atoms with Crippen LogP contribution in [0.3, 0.4) is 0 Å². The third-order valence-electron chi connectivity index (χ3n) is 3.25. The molecular weight excluding hydrogens is 364 g/mol. The predicted octanol–water partition coefficient (Wildman–Crippen LogP) is 4.61. The number of hydrogen-bond donors (Lipinski definition) is 0. The summed E-state index contributed by atoms with van der Waals surface area (Å²) in [6.45, 7) is 0.0727. The van der Waals surface area contributed by atoms with Crippen molar-refractivity contribution in [3.8, 4) is 0 Å². The Morgan fingerprint density at radius 2 is 2.12 bits per heavy atom. The fourth-order valence-corrected chi connectivity index (χ4v) is 3.17. The lowest BCUT2D eigenvalue weighted by Crippen LogP contribution is -2.00.